The largest absolute Gasteiger partial charge is 0.465 e. The van der Waals surface area contributed by atoms with Crippen LogP contribution in [-0.4, -0.2) is 59.6 Å². The fourth-order valence-corrected chi connectivity index (χ4v) is 4.17. The Morgan fingerprint density at radius 1 is 1.34 bits per heavy atom. The summed E-state index contributed by atoms with van der Waals surface area (Å²) in [6.45, 7) is 3.77. The third kappa shape index (κ3) is 4.49. The monoisotopic (exact) mass is 412 g/mol. The summed E-state index contributed by atoms with van der Waals surface area (Å²) >= 11 is 0. The van der Waals surface area contributed by atoms with E-state index in [0.717, 1.165) is 27.8 Å². The molecule has 0 bridgehead atoms. The van der Waals surface area contributed by atoms with Crippen LogP contribution in [0.15, 0.2) is 6.07 Å². The van der Waals surface area contributed by atoms with E-state index in [1.165, 1.54) is 12.0 Å². The third-order valence-electron chi connectivity index (χ3n) is 5.52. The Balaban J connectivity index is 1.93. The van der Waals surface area contributed by atoms with Gasteiger partial charge in [-0.25, -0.2) is 4.79 Å². The van der Waals surface area contributed by atoms with Gasteiger partial charge in [-0.2, -0.15) is 18.3 Å². The Hall–Kier alpha value is -2.29. The first-order valence-corrected chi connectivity index (χ1v) is 9.77. The molecule has 1 aliphatic rings. The Morgan fingerprint density at radius 2 is 2.00 bits per heavy atom. The minimum absolute atomic E-state index is 0.0282. The van der Waals surface area contributed by atoms with E-state index in [2.05, 4.69) is 10.4 Å². The number of aromatic nitrogens is 2. The average molecular weight is 412 g/mol. The van der Waals surface area contributed by atoms with Gasteiger partial charge in [-0.05, 0) is 37.8 Å². The van der Waals surface area contributed by atoms with Crippen LogP contribution in [-0.2, 0) is 18.2 Å². The van der Waals surface area contributed by atoms with E-state index in [9.17, 15) is 18.0 Å². The number of ether oxygens (including phenoxy) is 1. The summed E-state index contributed by atoms with van der Waals surface area (Å²) in [5.74, 6) is -0.411. The Bertz CT molecular complexity index is 899. The first-order chi connectivity index (χ1) is 13.6. The normalized spacial score (nSPS) is 16.4. The van der Waals surface area contributed by atoms with Crippen molar-refractivity contribution in [3.8, 4) is 0 Å². The Kier molecular flexibility index (Phi) is 6.07. The van der Waals surface area contributed by atoms with Crippen LogP contribution in [0.3, 0.4) is 0 Å². The number of esters is 1. The fraction of sp³-hybridized carbons (Fsp3) is 0.600. The van der Waals surface area contributed by atoms with E-state index < -0.39 is 18.7 Å². The van der Waals surface area contributed by atoms with E-state index >= 15 is 0 Å². The number of likely N-dealkylation sites (tertiary alicyclic amines) is 1. The van der Waals surface area contributed by atoms with Gasteiger partial charge < -0.3 is 10.1 Å². The molecule has 160 valence electrons. The highest BCUT2D eigenvalue weighted by Gasteiger charge is 2.33. The molecule has 0 aliphatic carbocycles. The first kappa shape index (κ1) is 21.4. The average Bonchev–Trinajstić information content (AvgIpc) is 2.94. The van der Waals surface area contributed by atoms with E-state index in [4.69, 9.17) is 4.74 Å². The summed E-state index contributed by atoms with van der Waals surface area (Å²) in [7, 11) is 3.17. The van der Waals surface area contributed by atoms with Gasteiger partial charge >= 0.3 is 12.1 Å². The summed E-state index contributed by atoms with van der Waals surface area (Å²) in [6, 6.07) is 1.83. The number of anilines is 1. The molecule has 1 N–H and O–H groups in total. The highest BCUT2D eigenvalue weighted by Crippen LogP contribution is 2.35. The number of carbonyl (C=O) groups excluding carboxylic acids is 1. The zero-order valence-corrected chi connectivity index (χ0v) is 17.2. The van der Waals surface area contributed by atoms with Crippen LogP contribution in [0.5, 0.6) is 0 Å². The lowest BCUT2D eigenvalue weighted by atomic mass is 9.96. The van der Waals surface area contributed by atoms with Crippen molar-refractivity contribution in [3.05, 3.63) is 22.9 Å². The van der Waals surface area contributed by atoms with Gasteiger partial charge in [0, 0.05) is 37.3 Å². The van der Waals surface area contributed by atoms with Crippen molar-refractivity contribution in [1.82, 2.24) is 14.7 Å². The van der Waals surface area contributed by atoms with E-state index in [-0.39, 0.29) is 6.04 Å². The SMILES string of the molecule is CCc1c(C(=O)OC)cc2c(c(C)nn2C)c1NC1CCN(CC(F)(F)F)CC1. The number of hydrogen-bond donors (Lipinski definition) is 1. The molecule has 2 aromatic rings. The van der Waals surface area contributed by atoms with Crippen LogP contribution in [0, 0.1) is 6.92 Å². The molecular formula is C20H27F3N4O2. The molecule has 2 heterocycles. The molecule has 3 rings (SSSR count). The summed E-state index contributed by atoms with van der Waals surface area (Å²) in [5, 5.41) is 8.96. The number of halogens is 3. The van der Waals surface area contributed by atoms with Gasteiger partial charge in [0.2, 0.25) is 0 Å². The molecule has 1 aliphatic heterocycles. The third-order valence-corrected chi connectivity index (χ3v) is 5.52. The van der Waals surface area contributed by atoms with Crippen LogP contribution in [0.4, 0.5) is 18.9 Å². The van der Waals surface area contributed by atoms with Gasteiger partial charge in [-0.3, -0.25) is 9.58 Å². The van der Waals surface area contributed by atoms with E-state index in [1.54, 1.807) is 10.7 Å². The fourth-order valence-electron chi connectivity index (χ4n) is 4.17. The lowest BCUT2D eigenvalue weighted by molar-refractivity contribution is -0.147. The smallest absolute Gasteiger partial charge is 0.401 e. The molecule has 6 nitrogen and oxygen atoms in total. The van der Waals surface area contributed by atoms with Crippen molar-refractivity contribution in [2.75, 3.05) is 32.1 Å². The molecule has 9 heteroatoms. The maximum Gasteiger partial charge on any atom is 0.401 e. The highest BCUT2D eigenvalue weighted by atomic mass is 19.4. The van der Waals surface area contributed by atoms with Crippen molar-refractivity contribution in [1.29, 1.82) is 0 Å². The van der Waals surface area contributed by atoms with Gasteiger partial charge in [0.15, 0.2) is 0 Å². The number of hydrogen-bond acceptors (Lipinski definition) is 5. The van der Waals surface area contributed by atoms with Crippen LogP contribution < -0.4 is 5.32 Å². The first-order valence-electron chi connectivity index (χ1n) is 9.77. The molecule has 1 aromatic carbocycles. The minimum Gasteiger partial charge on any atom is -0.465 e. The van der Waals surface area contributed by atoms with Gasteiger partial charge in [-0.1, -0.05) is 6.92 Å². The molecule has 0 spiro atoms. The molecule has 0 saturated carbocycles. The Morgan fingerprint density at radius 3 is 2.55 bits per heavy atom. The van der Waals surface area contributed by atoms with Crippen molar-refractivity contribution in [2.45, 2.75) is 45.3 Å². The summed E-state index contributed by atoms with van der Waals surface area (Å²) in [5.41, 5.74) is 3.83. The maximum atomic E-state index is 12.6. The standard InChI is InChI=1S/C20H27F3N4O2/c1-5-14-15(19(28)29-4)10-16-17(12(2)25-26(16)3)18(14)24-13-6-8-27(9-7-13)11-20(21,22)23/h10,13,24H,5-9,11H2,1-4H3. The van der Waals surface area contributed by atoms with Crippen LogP contribution in [0.2, 0.25) is 0 Å². The van der Waals surface area contributed by atoms with Crippen molar-refractivity contribution in [2.24, 2.45) is 7.05 Å². The number of nitrogens with one attached hydrogen (secondary N) is 1. The van der Waals surface area contributed by atoms with Gasteiger partial charge in [0.05, 0.1) is 30.4 Å². The number of nitrogens with zero attached hydrogens (tertiary/aromatic N) is 3. The van der Waals surface area contributed by atoms with Gasteiger partial charge in [0.1, 0.15) is 0 Å². The lowest BCUT2D eigenvalue weighted by Gasteiger charge is -2.34. The second-order valence-electron chi connectivity index (χ2n) is 7.54. The molecule has 0 amide bonds. The van der Waals surface area contributed by atoms with Gasteiger partial charge in [-0.15, -0.1) is 0 Å². The second-order valence-corrected chi connectivity index (χ2v) is 7.54. The predicted molar refractivity (Wildman–Crippen MR) is 105 cm³/mol. The van der Waals surface area contributed by atoms with Crippen molar-refractivity contribution in [3.63, 3.8) is 0 Å². The molecular weight excluding hydrogens is 385 g/mol. The molecule has 0 unspecified atom stereocenters. The molecule has 1 aromatic heterocycles. The van der Waals surface area contributed by atoms with Crippen LogP contribution >= 0.6 is 0 Å². The highest BCUT2D eigenvalue weighted by molar-refractivity contribution is 6.04. The molecule has 29 heavy (non-hydrogen) atoms. The van der Waals surface area contributed by atoms with E-state index in [0.29, 0.717) is 37.9 Å². The van der Waals surface area contributed by atoms with Crippen molar-refractivity contribution >= 4 is 22.6 Å². The number of alkyl halides is 3. The van der Waals surface area contributed by atoms with Gasteiger partial charge in [0.25, 0.3) is 0 Å². The van der Waals surface area contributed by atoms with E-state index in [1.807, 2.05) is 20.9 Å². The molecule has 0 radical (unpaired) electrons. The van der Waals surface area contributed by atoms with Crippen molar-refractivity contribution < 1.29 is 22.7 Å². The summed E-state index contributed by atoms with van der Waals surface area (Å²) < 4.78 is 44.6. The quantitative estimate of drug-likeness (QED) is 0.760. The zero-order valence-electron chi connectivity index (χ0n) is 17.2. The summed E-state index contributed by atoms with van der Waals surface area (Å²) in [6.07, 6.45) is -2.36. The second kappa shape index (κ2) is 8.22. The molecule has 1 saturated heterocycles. The summed E-state index contributed by atoms with van der Waals surface area (Å²) in [4.78, 5) is 13.8. The number of piperidine rings is 1. The zero-order chi connectivity index (χ0) is 21.3. The maximum absolute atomic E-state index is 12.6. The number of rotatable bonds is 5. The Labute approximate surface area is 168 Å². The topological polar surface area (TPSA) is 59.4 Å². The number of aryl methyl sites for hydroxylation is 2. The van der Waals surface area contributed by atoms with Crippen LogP contribution in [0.25, 0.3) is 10.9 Å². The lowest BCUT2D eigenvalue weighted by Crippen LogP contribution is -2.43. The van der Waals surface area contributed by atoms with Crippen LogP contribution in [0.1, 0.15) is 41.4 Å². The number of carbonyl (C=O) groups is 1. The predicted octanol–water partition coefficient (Wildman–Crippen LogP) is 3.67. The number of benzene rings is 1. The number of methoxy groups -OCH3 is 1. The molecule has 0 atom stereocenters. The minimum atomic E-state index is -4.18. The number of fused-ring (bicyclic) bond motifs is 1. The molecule has 1 fully saturated rings.